The van der Waals surface area contributed by atoms with E-state index in [1.807, 2.05) is 20.9 Å². The number of carbonyl (C=O) groups is 1. The van der Waals surface area contributed by atoms with Gasteiger partial charge in [-0.05, 0) is 51.5 Å². The van der Waals surface area contributed by atoms with E-state index in [-0.39, 0.29) is 17.9 Å². The Balaban J connectivity index is 1.63. The van der Waals surface area contributed by atoms with Crippen molar-refractivity contribution in [3.8, 4) is 35.4 Å². The minimum absolute atomic E-state index is 0.101. The fourth-order valence-corrected chi connectivity index (χ4v) is 5.86. The highest BCUT2D eigenvalue weighted by atomic mass is 16.5. The summed E-state index contributed by atoms with van der Waals surface area (Å²) in [7, 11) is 3.63. The topological polar surface area (TPSA) is 96.9 Å². The van der Waals surface area contributed by atoms with Crippen LogP contribution < -0.4 is 4.74 Å². The van der Waals surface area contributed by atoms with Crippen LogP contribution in [0.25, 0.3) is 27.9 Å². The van der Waals surface area contributed by atoms with Crippen molar-refractivity contribution in [2.75, 3.05) is 13.7 Å². The molecular weight excluding hydrogens is 464 g/mol. The third-order valence-corrected chi connectivity index (χ3v) is 7.69. The Labute approximate surface area is 217 Å². The zero-order valence-corrected chi connectivity index (χ0v) is 21.7. The van der Waals surface area contributed by atoms with Crippen LogP contribution in [0, 0.1) is 43.4 Å². The van der Waals surface area contributed by atoms with Crippen molar-refractivity contribution in [2.45, 2.75) is 52.0 Å². The van der Waals surface area contributed by atoms with Crippen molar-refractivity contribution >= 4 is 22.5 Å². The predicted octanol–water partition coefficient (Wildman–Crippen LogP) is 4.34. The second-order valence-corrected chi connectivity index (χ2v) is 9.77. The summed E-state index contributed by atoms with van der Waals surface area (Å²) in [6.07, 6.45) is 13.2. The summed E-state index contributed by atoms with van der Waals surface area (Å²) in [5, 5.41) is 10.4. The summed E-state index contributed by atoms with van der Waals surface area (Å²) in [6, 6.07) is 3.78. The Hall–Kier alpha value is -4.17. The molecule has 8 heteroatoms. The fourth-order valence-electron chi connectivity index (χ4n) is 5.86. The number of allylic oxidation sites excluding steroid dienone is 2. The number of aryl methyl sites for hydroxylation is 3. The van der Waals surface area contributed by atoms with Crippen molar-refractivity contribution in [2.24, 2.45) is 13.0 Å². The van der Waals surface area contributed by atoms with Crippen molar-refractivity contribution in [1.29, 1.82) is 5.26 Å². The molecule has 1 saturated heterocycles. The quantitative estimate of drug-likeness (QED) is 0.501. The van der Waals surface area contributed by atoms with Crippen LogP contribution in [-0.2, 0) is 11.8 Å². The molecule has 1 aliphatic carbocycles. The van der Waals surface area contributed by atoms with E-state index in [9.17, 15) is 10.1 Å². The standard InChI is InChI=1S/C29H30N6O2/c1-6-21-14-23(37-5)24(18(3)33-21)27-26(25-17(2)31-16-32-28(25)34(27)4)19-9-11-20(12-10-19)29(36)35-13-7-8-22(35)15-30/h1,9,14,16,20,22H,7-8,10-13H2,2-5H3. The molecule has 2 aliphatic rings. The number of carbonyl (C=O) groups excluding carboxylic acids is 1. The lowest BCUT2D eigenvalue weighted by atomic mass is 9.84. The number of likely N-dealkylation sites (tertiary alicyclic amines) is 1. The molecule has 5 rings (SSSR count). The van der Waals surface area contributed by atoms with E-state index >= 15 is 0 Å². The lowest BCUT2D eigenvalue weighted by Crippen LogP contribution is -2.39. The van der Waals surface area contributed by atoms with E-state index < -0.39 is 0 Å². The average Bonchev–Trinajstić information content (AvgIpc) is 3.51. The molecule has 8 nitrogen and oxygen atoms in total. The first-order valence-corrected chi connectivity index (χ1v) is 12.6. The minimum atomic E-state index is -0.295. The Morgan fingerprint density at radius 2 is 2.03 bits per heavy atom. The number of hydrogen-bond donors (Lipinski definition) is 0. The first-order chi connectivity index (χ1) is 17.9. The summed E-state index contributed by atoms with van der Waals surface area (Å²) in [6.45, 7) is 4.60. The van der Waals surface area contributed by atoms with Crippen LogP contribution in [0.1, 0.15) is 54.7 Å². The highest BCUT2D eigenvalue weighted by Gasteiger charge is 2.35. The molecule has 0 saturated carbocycles. The van der Waals surface area contributed by atoms with Crippen LogP contribution in [0.2, 0.25) is 0 Å². The van der Waals surface area contributed by atoms with E-state index in [0.29, 0.717) is 24.4 Å². The summed E-state index contributed by atoms with van der Waals surface area (Å²) in [4.78, 5) is 28.8. The summed E-state index contributed by atoms with van der Waals surface area (Å²) >= 11 is 0. The van der Waals surface area contributed by atoms with Gasteiger partial charge < -0.3 is 14.2 Å². The molecule has 4 heterocycles. The molecule has 2 unspecified atom stereocenters. The van der Waals surface area contributed by atoms with Crippen LogP contribution in [0.5, 0.6) is 5.75 Å². The van der Waals surface area contributed by atoms with Gasteiger partial charge in [0.1, 0.15) is 29.5 Å². The molecule has 188 valence electrons. The lowest BCUT2D eigenvalue weighted by molar-refractivity contribution is -0.135. The van der Waals surface area contributed by atoms with Crippen LogP contribution in [0.3, 0.4) is 0 Å². The summed E-state index contributed by atoms with van der Waals surface area (Å²) in [5.74, 6) is 3.25. The number of pyridine rings is 1. The number of aromatic nitrogens is 4. The van der Waals surface area contributed by atoms with Crippen LogP contribution in [-0.4, -0.2) is 50.0 Å². The van der Waals surface area contributed by atoms with Gasteiger partial charge in [-0.2, -0.15) is 5.26 Å². The van der Waals surface area contributed by atoms with E-state index in [0.717, 1.165) is 70.5 Å². The Bertz CT molecular complexity index is 1520. The molecular formula is C29H30N6O2. The van der Waals surface area contributed by atoms with Gasteiger partial charge in [0.05, 0.1) is 35.8 Å². The van der Waals surface area contributed by atoms with E-state index in [4.69, 9.17) is 11.2 Å². The molecule has 3 aromatic rings. The van der Waals surface area contributed by atoms with Gasteiger partial charge in [-0.1, -0.05) is 12.0 Å². The summed E-state index contributed by atoms with van der Waals surface area (Å²) in [5.41, 5.74) is 7.02. The van der Waals surface area contributed by atoms with Gasteiger partial charge in [0.15, 0.2) is 0 Å². The number of terminal acetylenes is 1. The van der Waals surface area contributed by atoms with Gasteiger partial charge in [-0.25, -0.2) is 15.0 Å². The highest BCUT2D eigenvalue weighted by Crippen LogP contribution is 2.45. The molecule has 1 fully saturated rings. The normalized spacial score (nSPS) is 19.4. The highest BCUT2D eigenvalue weighted by molar-refractivity contribution is 6.02. The van der Waals surface area contributed by atoms with Gasteiger partial charge in [0.2, 0.25) is 5.91 Å². The van der Waals surface area contributed by atoms with Gasteiger partial charge in [-0.3, -0.25) is 4.79 Å². The van der Waals surface area contributed by atoms with E-state index in [2.05, 4.69) is 37.6 Å². The van der Waals surface area contributed by atoms with Gasteiger partial charge in [0, 0.05) is 36.5 Å². The Morgan fingerprint density at radius 1 is 1.22 bits per heavy atom. The maximum atomic E-state index is 13.2. The van der Waals surface area contributed by atoms with Crippen molar-refractivity contribution in [1.82, 2.24) is 24.4 Å². The first kappa shape index (κ1) is 24.5. The SMILES string of the molecule is C#Cc1cc(OC)c(-c2c(C3=CCC(C(=O)N4CCCC4C#N)CC3)c3c(C)ncnc3n2C)c(C)n1. The molecule has 0 N–H and O–H groups in total. The number of nitriles is 1. The number of fused-ring (bicyclic) bond motifs is 1. The monoisotopic (exact) mass is 494 g/mol. The number of hydrogen-bond acceptors (Lipinski definition) is 6. The Morgan fingerprint density at radius 3 is 2.70 bits per heavy atom. The number of rotatable bonds is 4. The fraction of sp³-hybridized carbons (Fsp3) is 0.414. The molecule has 37 heavy (non-hydrogen) atoms. The van der Waals surface area contributed by atoms with Crippen LogP contribution in [0.4, 0.5) is 0 Å². The number of methoxy groups -OCH3 is 1. The zero-order valence-electron chi connectivity index (χ0n) is 21.7. The molecule has 3 aromatic heterocycles. The molecule has 2 atom stereocenters. The number of amides is 1. The van der Waals surface area contributed by atoms with Crippen molar-refractivity contribution in [3.05, 3.63) is 41.1 Å². The second kappa shape index (κ2) is 9.71. The third-order valence-electron chi connectivity index (χ3n) is 7.69. The molecule has 0 radical (unpaired) electrons. The van der Waals surface area contributed by atoms with E-state index in [1.165, 1.54) is 0 Å². The molecule has 1 amide bonds. The molecule has 1 aliphatic heterocycles. The van der Waals surface area contributed by atoms with E-state index in [1.54, 1.807) is 24.4 Å². The molecule has 0 aromatic carbocycles. The van der Waals surface area contributed by atoms with Gasteiger partial charge in [-0.15, -0.1) is 6.42 Å². The second-order valence-electron chi connectivity index (χ2n) is 9.77. The largest absolute Gasteiger partial charge is 0.496 e. The van der Waals surface area contributed by atoms with Crippen LogP contribution in [0.15, 0.2) is 18.5 Å². The molecule has 0 spiro atoms. The average molecular weight is 495 g/mol. The van der Waals surface area contributed by atoms with Crippen molar-refractivity contribution < 1.29 is 9.53 Å². The molecule has 0 bridgehead atoms. The zero-order chi connectivity index (χ0) is 26.3. The maximum Gasteiger partial charge on any atom is 0.227 e. The summed E-state index contributed by atoms with van der Waals surface area (Å²) < 4.78 is 7.86. The lowest BCUT2D eigenvalue weighted by Gasteiger charge is -2.28. The predicted molar refractivity (Wildman–Crippen MR) is 141 cm³/mol. The third kappa shape index (κ3) is 4.03. The minimum Gasteiger partial charge on any atom is -0.496 e. The van der Waals surface area contributed by atoms with Crippen molar-refractivity contribution in [3.63, 3.8) is 0 Å². The van der Waals surface area contributed by atoms with Crippen LogP contribution >= 0.6 is 0 Å². The Kier molecular flexibility index (Phi) is 6.43. The maximum absolute atomic E-state index is 13.2. The number of ether oxygens (including phenoxy) is 1. The first-order valence-electron chi connectivity index (χ1n) is 12.6. The van der Waals surface area contributed by atoms with Gasteiger partial charge in [0.25, 0.3) is 0 Å². The number of nitrogens with zero attached hydrogens (tertiary/aromatic N) is 6. The smallest absolute Gasteiger partial charge is 0.227 e. The van der Waals surface area contributed by atoms with Gasteiger partial charge >= 0.3 is 0 Å².